The molecule has 6 heterocycles. The number of aliphatic hydroxyl groups excluding tert-OH is 1. The normalized spacial score (nSPS) is 16.6. The standard InChI is InChI=1S/C41H43N8OP/c1-26-33(7-5-9-35(26)46-39-37-30(11-14-42-39)19-28(21-44-37)23-48-16-3-4-17-48)34-8-6-10-36(27(34)2)47-40-38-31(12-15-43-40)20-29(22-45-38)24-49-18-13-32(25-49)41(50)51/h5-12,14-15,19-22,32,50-51H,3-4,13,16-18,23-25H2,1-2H3,(H,42,46)(H,43,47). The topological polar surface area (TPSA) is 102 Å². The zero-order valence-electron chi connectivity index (χ0n) is 29.2. The molecule has 51 heavy (non-hydrogen) atoms. The number of nitrogens with zero attached hydrogens (tertiary/aromatic N) is 6. The summed E-state index contributed by atoms with van der Waals surface area (Å²) >= 11 is 0. The van der Waals surface area contributed by atoms with Gasteiger partial charge in [-0.2, -0.15) is 0 Å². The average Bonchev–Trinajstić information content (AvgIpc) is 3.83. The van der Waals surface area contributed by atoms with Crippen molar-refractivity contribution in [1.82, 2.24) is 29.7 Å². The van der Waals surface area contributed by atoms with Crippen LogP contribution < -0.4 is 10.6 Å². The fourth-order valence-corrected chi connectivity index (χ4v) is 7.84. The number of likely N-dealkylation sites (tertiary alicyclic amines) is 2. The van der Waals surface area contributed by atoms with Crippen LogP contribution in [0.5, 0.6) is 0 Å². The number of nitrogens with one attached hydrogen (secondary N) is 2. The second kappa shape index (κ2) is 14.4. The zero-order valence-corrected chi connectivity index (χ0v) is 30.2. The highest BCUT2D eigenvalue weighted by Crippen LogP contribution is 2.36. The maximum Gasteiger partial charge on any atom is 0.156 e. The van der Waals surface area contributed by atoms with E-state index in [0.717, 1.165) is 105 Å². The Morgan fingerprint density at radius 3 is 1.76 bits per heavy atom. The Balaban J connectivity index is 1.02. The first-order chi connectivity index (χ1) is 24.9. The Hall–Kier alpha value is -4.79. The minimum absolute atomic E-state index is 0.174. The van der Waals surface area contributed by atoms with Crippen molar-refractivity contribution in [2.75, 3.05) is 36.8 Å². The number of benzene rings is 2. The molecule has 0 bridgehead atoms. The Bertz CT molecular complexity index is 2250. The first-order valence-electron chi connectivity index (χ1n) is 17.8. The molecule has 2 fully saturated rings. The van der Waals surface area contributed by atoms with Crippen LogP contribution in [-0.4, -0.2) is 66.5 Å². The van der Waals surface area contributed by atoms with Gasteiger partial charge in [0.25, 0.3) is 0 Å². The molecule has 0 saturated carbocycles. The van der Waals surface area contributed by atoms with Gasteiger partial charge in [0, 0.05) is 72.5 Å². The number of rotatable bonds is 10. The lowest BCUT2D eigenvalue weighted by Gasteiger charge is -2.18. The minimum Gasteiger partial charge on any atom is -0.361 e. The molecule has 3 N–H and O–H groups in total. The molecule has 1 atom stereocenters. The molecule has 2 aliphatic rings. The Morgan fingerprint density at radius 1 is 0.725 bits per heavy atom. The van der Waals surface area contributed by atoms with E-state index in [1.165, 1.54) is 31.5 Å². The first kappa shape index (κ1) is 33.4. The van der Waals surface area contributed by atoms with E-state index in [9.17, 15) is 5.11 Å². The quantitative estimate of drug-likeness (QED) is 0.122. The number of pyridine rings is 4. The van der Waals surface area contributed by atoms with E-state index in [1.54, 1.807) is 0 Å². The van der Waals surface area contributed by atoms with E-state index in [1.807, 2.05) is 36.9 Å². The molecule has 0 amide bonds. The van der Waals surface area contributed by atoms with Crippen molar-refractivity contribution in [2.45, 2.75) is 46.2 Å². The van der Waals surface area contributed by atoms with Gasteiger partial charge >= 0.3 is 0 Å². The van der Waals surface area contributed by atoms with E-state index < -0.39 is 0 Å². The van der Waals surface area contributed by atoms with Crippen LogP contribution >= 0.6 is 8.86 Å². The maximum atomic E-state index is 9.85. The minimum atomic E-state index is 0.174. The Kier molecular flexibility index (Phi) is 9.45. The van der Waals surface area contributed by atoms with Crippen molar-refractivity contribution in [3.63, 3.8) is 0 Å². The summed E-state index contributed by atoms with van der Waals surface area (Å²) in [6.07, 6.45) is 11.2. The predicted molar refractivity (Wildman–Crippen MR) is 210 cm³/mol. The molecule has 9 nitrogen and oxygen atoms in total. The van der Waals surface area contributed by atoms with Crippen molar-refractivity contribution in [3.05, 3.63) is 108 Å². The average molecular weight is 695 g/mol. The van der Waals surface area contributed by atoms with E-state index in [4.69, 9.17) is 19.9 Å². The first-order valence-corrected chi connectivity index (χ1v) is 18.3. The molecule has 2 saturated heterocycles. The van der Waals surface area contributed by atoms with Crippen LogP contribution in [0.4, 0.5) is 23.0 Å². The van der Waals surface area contributed by atoms with Gasteiger partial charge in [-0.3, -0.25) is 19.8 Å². The van der Waals surface area contributed by atoms with Crippen LogP contribution in [0.3, 0.4) is 0 Å². The molecular formula is C41H43N8OP. The number of aliphatic hydroxyl groups is 1. The molecule has 0 spiro atoms. The summed E-state index contributed by atoms with van der Waals surface area (Å²) in [5, 5.41) is 19.2. The molecule has 8 rings (SSSR count). The van der Waals surface area contributed by atoms with Gasteiger partial charge < -0.3 is 15.7 Å². The van der Waals surface area contributed by atoms with Crippen molar-refractivity contribution in [1.29, 1.82) is 0 Å². The fraction of sp³-hybridized carbons (Fsp3) is 0.293. The molecule has 10 heteroatoms. The van der Waals surface area contributed by atoms with Gasteiger partial charge in [0.15, 0.2) is 11.6 Å². The zero-order chi connectivity index (χ0) is 34.9. The Labute approximate surface area is 301 Å². The van der Waals surface area contributed by atoms with Crippen LogP contribution in [0.1, 0.15) is 41.5 Å². The summed E-state index contributed by atoms with van der Waals surface area (Å²) in [4.78, 5) is 24.0. The third-order valence-electron chi connectivity index (χ3n) is 10.4. The van der Waals surface area contributed by atoms with Gasteiger partial charge in [-0.25, -0.2) is 9.97 Å². The van der Waals surface area contributed by atoms with Crippen molar-refractivity contribution in [2.24, 2.45) is 5.92 Å². The van der Waals surface area contributed by atoms with Crippen LogP contribution in [0.25, 0.3) is 32.9 Å². The molecule has 1 unspecified atom stereocenters. The van der Waals surface area contributed by atoms with E-state index in [2.05, 4.69) is 91.7 Å². The van der Waals surface area contributed by atoms with Crippen LogP contribution in [-0.2, 0) is 13.1 Å². The molecule has 0 aliphatic carbocycles. The van der Waals surface area contributed by atoms with Crippen molar-refractivity contribution in [3.8, 4) is 11.1 Å². The van der Waals surface area contributed by atoms with Gasteiger partial charge in [-0.05, 0) is 123 Å². The predicted octanol–water partition coefficient (Wildman–Crippen LogP) is 8.41. The molecule has 4 aromatic heterocycles. The summed E-state index contributed by atoms with van der Waals surface area (Å²) in [6, 6.07) is 21.2. The SMILES string of the molecule is Cc1c(Nc2nccc3cc(CN4CCCC4)cnc23)cccc1-c1cccc(Nc2nccc3cc(CN4CCC(C(O)=P)C4)cnc23)c1C. The molecule has 258 valence electrons. The van der Waals surface area contributed by atoms with Crippen LogP contribution in [0.2, 0.25) is 0 Å². The van der Waals surface area contributed by atoms with Crippen LogP contribution in [0, 0.1) is 19.8 Å². The number of fused-ring (bicyclic) bond motifs is 2. The largest absolute Gasteiger partial charge is 0.361 e. The third kappa shape index (κ3) is 7.08. The number of hydrogen-bond acceptors (Lipinski definition) is 8. The van der Waals surface area contributed by atoms with Gasteiger partial charge in [0.1, 0.15) is 11.0 Å². The van der Waals surface area contributed by atoms with Crippen molar-refractivity contribution >= 4 is 59.2 Å². The second-order valence-electron chi connectivity index (χ2n) is 13.9. The van der Waals surface area contributed by atoms with Gasteiger partial charge in [0.2, 0.25) is 0 Å². The summed E-state index contributed by atoms with van der Waals surface area (Å²) in [6.45, 7) is 10.2. The number of hydrogen-bond donors (Lipinski definition) is 3. The summed E-state index contributed by atoms with van der Waals surface area (Å²) in [5.74, 6) is 1.66. The van der Waals surface area contributed by atoms with Crippen LogP contribution in [0.15, 0.2) is 85.5 Å². The molecular weight excluding hydrogens is 651 g/mol. The number of aromatic nitrogens is 4. The lowest BCUT2D eigenvalue weighted by atomic mass is 9.94. The third-order valence-corrected chi connectivity index (χ3v) is 10.9. The highest BCUT2D eigenvalue weighted by atomic mass is 31.0. The molecule has 2 aliphatic heterocycles. The lowest BCUT2D eigenvalue weighted by molar-refractivity contribution is 0.322. The molecule has 0 radical (unpaired) electrons. The van der Waals surface area contributed by atoms with Gasteiger partial charge in [-0.1, -0.05) is 33.1 Å². The lowest BCUT2D eigenvalue weighted by Crippen LogP contribution is -2.22. The van der Waals surface area contributed by atoms with E-state index in [-0.39, 0.29) is 5.92 Å². The monoisotopic (exact) mass is 694 g/mol. The highest BCUT2D eigenvalue weighted by Gasteiger charge is 2.24. The highest BCUT2D eigenvalue weighted by molar-refractivity contribution is 7.20. The van der Waals surface area contributed by atoms with Gasteiger partial charge in [0.05, 0.1) is 5.48 Å². The fourth-order valence-electron chi connectivity index (χ4n) is 7.60. The van der Waals surface area contributed by atoms with E-state index >= 15 is 0 Å². The summed E-state index contributed by atoms with van der Waals surface area (Å²) in [7, 11) is 3.31. The molecule has 2 aromatic carbocycles. The van der Waals surface area contributed by atoms with Gasteiger partial charge in [-0.15, -0.1) is 0 Å². The summed E-state index contributed by atoms with van der Waals surface area (Å²) < 4.78 is 0. The number of anilines is 4. The smallest absolute Gasteiger partial charge is 0.156 e. The maximum absolute atomic E-state index is 9.85. The summed E-state index contributed by atoms with van der Waals surface area (Å²) in [5.41, 5.74) is 10.9. The second-order valence-corrected chi connectivity index (χ2v) is 14.5. The van der Waals surface area contributed by atoms with Crippen molar-refractivity contribution < 1.29 is 5.11 Å². The van der Waals surface area contributed by atoms with E-state index in [0.29, 0.717) is 5.48 Å². The molecule has 6 aromatic rings. The Morgan fingerprint density at radius 2 is 1.25 bits per heavy atom.